The third kappa shape index (κ3) is 5.94. The monoisotopic (exact) mass is 522 g/mol. The molecule has 3 rings (SSSR count). The van der Waals surface area contributed by atoms with Gasteiger partial charge in [-0.25, -0.2) is 27.9 Å². The fraction of sp³-hybridized carbons (Fsp3) is 0.500. The summed E-state index contributed by atoms with van der Waals surface area (Å²) in [6, 6.07) is 1.61. The maximum absolute atomic E-state index is 13.1. The molecule has 192 valence electrons. The van der Waals surface area contributed by atoms with Crippen molar-refractivity contribution in [2.45, 2.75) is 44.8 Å². The molecule has 0 spiro atoms. The van der Waals surface area contributed by atoms with Crippen LogP contribution in [0.1, 0.15) is 27.7 Å². The molecule has 3 aromatic rings. The zero-order valence-electron chi connectivity index (χ0n) is 19.2. The molecule has 0 aromatic carbocycles. The second kappa shape index (κ2) is 9.17. The van der Waals surface area contributed by atoms with E-state index < -0.39 is 34.4 Å². The molecule has 0 amide bonds. The van der Waals surface area contributed by atoms with Gasteiger partial charge in [0.2, 0.25) is 5.88 Å². The van der Waals surface area contributed by atoms with Gasteiger partial charge in [0.05, 0.1) is 29.4 Å². The van der Waals surface area contributed by atoms with Gasteiger partial charge in [-0.2, -0.15) is 27.1 Å². The van der Waals surface area contributed by atoms with Crippen LogP contribution in [0.5, 0.6) is 5.88 Å². The van der Waals surface area contributed by atoms with Crippen molar-refractivity contribution >= 4 is 21.3 Å². The first-order valence-electron chi connectivity index (χ1n) is 10.3. The summed E-state index contributed by atoms with van der Waals surface area (Å²) in [7, 11) is -3.86. The molecule has 0 bridgehead atoms. The summed E-state index contributed by atoms with van der Waals surface area (Å²) in [4.78, 5) is 12.1. The molecule has 9 nitrogen and oxygen atoms in total. The van der Waals surface area contributed by atoms with Crippen molar-refractivity contribution in [2.75, 3.05) is 24.2 Å². The minimum absolute atomic E-state index is 0.00549. The van der Waals surface area contributed by atoms with E-state index in [9.17, 15) is 30.4 Å². The van der Waals surface area contributed by atoms with Gasteiger partial charge in [-0.1, -0.05) is 27.7 Å². The Morgan fingerprint density at radius 3 is 2.31 bits per heavy atom. The van der Waals surface area contributed by atoms with E-state index in [2.05, 4.69) is 30.1 Å². The minimum Gasteiger partial charge on any atom is -0.470 e. The number of nitrogens with zero attached hydrogens (tertiary/aromatic N) is 5. The maximum atomic E-state index is 13.1. The summed E-state index contributed by atoms with van der Waals surface area (Å²) in [5.41, 5.74) is 0.0218. The molecule has 0 aliphatic heterocycles. The van der Waals surface area contributed by atoms with E-state index in [1.165, 1.54) is 17.6 Å². The quantitative estimate of drug-likeness (QED) is 0.442. The average molecular weight is 523 g/mol. The van der Waals surface area contributed by atoms with E-state index in [0.717, 1.165) is 12.4 Å². The Morgan fingerprint density at radius 1 is 1.09 bits per heavy atom. The van der Waals surface area contributed by atoms with Crippen LogP contribution < -0.4 is 10.1 Å². The van der Waals surface area contributed by atoms with E-state index in [1.807, 2.05) is 20.8 Å². The third-order valence-corrected chi connectivity index (χ3v) is 6.26. The molecule has 0 saturated carbocycles. The Bertz CT molecular complexity index is 1300. The molecule has 1 N–H and O–H groups in total. The lowest BCUT2D eigenvalue weighted by Gasteiger charge is -2.19. The first-order valence-corrected chi connectivity index (χ1v) is 11.9. The Hall–Kier alpha value is -3.10. The lowest BCUT2D eigenvalue weighted by atomic mass is 9.97. The van der Waals surface area contributed by atoms with Crippen molar-refractivity contribution in [1.82, 2.24) is 24.6 Å². The highest BCUT2D eigenvalue weighted by molar-refractivity contribution is 7.91. The van der Waals surface area contributed by atoms with Gasteiger partial charge in [0, 0.05) is 12.7 Å². The van der Waals surface area contributed by atoms with Crippen LogP contribution in [-0.2, 0) is 9.84 Å². The van der Waals surface area contributed by atoms with Crippen LogP contribution in [0.25, 0.3) is 16.9 Å². The molecule has 0 aliphatic carbocycles. The topological polar surface area (TPSA) is 111 Å². The zero-order valence-corrected chi connectivity index (χ0v) is 20.0. The van der Waals surface area contributed by atoms with Crippen LogP contribution in [0.2, 0.25) is 0 Å². The third-order valence-electron chi connectivity index (χ3n) is 4.63. The van der Waals surface area contributed by atoms with Crippen LogP contribution in [0, 0.1) is 5.41 Å². The van der Waals surface area contributed by atoms with Crippen LogP contribution >= 0.6 is 0 Å². The number of fused-ring (bicyclic) bond motifs is 1. The van der Waals surface area contributed by atoms with Crippen molar-refractivity contribution in [3.63, 3.8) is 0 Å². The molecule has 35 heavy (non-hydrogen) atoms. The number of aromatic nitrogens is 5. The van der Waals surface area contributed by atoms with Gasteiger partial charge in [-0.05, 0) is 11.5 Å². The lowest BCUT2D eigenvalue weighted by molar-refractivity contribution is -0.290. The van der Waals surface area contributed by atoms with E-state index in [0.29, 0.717) is 12.4 Å². The molecule has 3 aromatic heterocycles. The van der Waals surface area contributed by atoms with Crippen molar-refractivity contribution in [3.8, 4) is 17.1 Å². The van der Waals surface area contributed by atoms with Gasteiger partial charge in [-0.3, -0.25) is 0 Å². The number of hydrogen-bond donors (Lipinski definition) is 1. The summed E-state index contributed by atoms with van der Waals surface area (Å²) >= 11 is 0. The second-order valence-electron chi connectivity index (χ2n) is 8.81. The molecule has 3 heterocycles. The number of ether oxygens (including phenoxy) is 1. The molecular weight excluding hydrogens is 499 g/mol. The number of alkyl halides is 5. The maximum Gasteiger partial charge on any atom is 0.456 e. The highest BCUT2D eigenvalue weighted by atomic mass is 32.2. The molecular formula is C20H23F5N6O3S. The van der Waals surface area contributed by atoms with E-state index in [1.54, 1.807) is 6.07 Å². The fourth-order valence-corrected chi connectivity index (χ4v) is 3.70. The largest absolute Gasteiger partial charge is 0.470 e. The Labute approximate surface area is 197 Å². The van der Waals surface area contributed by atoms with Gasteiger partial charge >= 0.3 is 12.1 Å². The van der Waals surface area contributed by atoms with Gasteiger partial charge in [0.25, 0.3) is 0 Å². The number of halogens is 5. The van der Waals surface area contributed by atoms with Crippen molar-refractivity contribution < 1.29 is 35.1 Å². The first-order chi connectivity index (χ1) is 16.0. The van der Waals surface area contributed by atoms with Crippen molar-refractivity contribution in [3.05, 3.63) is 24.7 Å². The number of sulfone groups is 1. The molecule has 0 atom stereocenters. The normalized spacial score (nSPS) is 13.3. The molecule has 0 fully saturated rings. The van der Waals surface area contributed by atoms with E-state index in [4.69, 9.17) is 0 Å². The predicted octanol–water partition coefficient (Wildman–Crippen LogP) is 4.01. The lowest BCUT2D eigenvalue weighted by Crippen LogP contribution is -2.41. The molecule has 0 aliphatic rings. The Balaban J connectivity index is 2.01. The molecule has 0 saturated heterocycles. The number of anilines is 1. The van der Waals surface area contributed by atoms with Gasteiger partial charge in [0.15, 0.2) is 27.1 Å². The van der Waals surface area contributed by atoms with Crippen LogP contribution in [0.4, 0.5) is 27.8 Å². The van der Waals surface area contributed by atoms with Gasteiger partial charge in [0.1, 0.15) is 5.82 Å². The smallest absolute Gasteiger partial charge is 0.456 e. The van der Waals surface area contributed by atoms with Gasteiger partial charge < -0.3 is 10.1 Å². The van der Waals surface area contributed by atoms with Crippen LogP contribution in [-0.4, -0.2) is 64.0 Å². The summed E-state index contributed by atoms with van der Waals surface area (Å²) in [6.07, 6.45) is -2.47. The summed E-state index contributed by atoms with van der Waals surface area (Å²) in [6.45, 7) is 6.04. The highest BCUT2D eigenvalue weighted by Crippen LogP contribution is 2.36. The summed E-state index contributed by atoms with van der Waals surface area (Å²) in [5, 5.41) is 6.94. The molecule has 15 heteroatoms. The SMILES string of the molecule is CCS(=O)(=O)c1nn2ccc(NCC(C)(C)C)nc2c1-c1cnc(OCC(F)(F)C(F)(F)F)cn1. The fourth-order valence-electron chi connectivity index (χ4n) is 2.71. The van der Waals surface area contributed by atoms with Gasteiger partial charge in [-0.15, -0.1) is 0 Å². The van der Waals surface area contributed by atoms with Crippen LogP contribution in [0.3, 0.4) is 0 Å². The number of nitrogens with one attached hydrogen (secondary N) is 1. The summed E-state index contributed by atoms with van der Waals surface area (Å²) in [5.74, 6) is -5.52. The Morgan fingerprint density at radius 2 is 1.77 bits per heavy atom. The van der Waals surface area contributed by atoms with E-state index >= 15 is 0 Å². The van der Waals surface area contributed by atoms with Crippen molar-refractivity contribution in [2.24, 2.45) is 5.41 Å². The zero-order chi connectivity index (χ0) is 26.2. The number of hydrogen-bond acceptors (Lipinski definition) is 8. The summed E-state index contributed by atoms with van der Waals surface area (Å²) < 4.78 is 94.3. The van der Waals surface area contributed by atoms with E-state index in [-0.39, 0.29) is 33.1 Å². The van der Waals surface area contributed by atoms with Crippen molar-refractivity contribution in [1.29, 1.82) is 0 Å². The highest BCUT2D eigenvalue weighted by Gasteiger charge is 2.58. The Kier molecular flexibility index (Phi) is 6.94. The minimum atomic E-state index is -5.79. The van der Waals surface area contributed by atoms with Crippen LogP contribution in [0.15, 0.2) is 29.7 Å². The predicted molar refractivity (Wildman–Crippen MR) is 116 cm³/mol. The second-order valence-corrected chi connectivity index (χ2v) is 11.0. The standard InChI is InChI=1S/C20H23F5N6O3S/c1-5-35(32,33)17-15(16-29-13(6-7-31(16)30-17)28-10-18(2,3)4)12-8-27-14(9-26-12)34-11-19(21,22)20(23,24)25/h6-9H,5,10-11H2,1-4H3,(H,28,29). The molecule has 0 unspecified atom stereocenters. The number of rotatable bonds is 8. The average Bonchev–Trinajstić information content (AvgIpc) is 3.15. The first kappa shape index (κ1) is 26.5. The molecule has 0 radical (unpaired) electrons.